The SMILES string of the molecule is O=C([O-])O.O=C([O-])O.O=S(=O)([O-])[O-].O=S(=O)([O-])[O-].[Mg+2].[Mg+2].[Mg+2]. The molecule has 19 heteroatoms. The van der Waals surface area contributed by atoms with E-state index in [4.69, 9.17) is 65.1 Å². The van der Waals surface area contributed by atoms with E-state index < -0.39 is 33.1 Å². The molecule has 0 aliphatic heterocycles. The number of hydrogen-bond acceptors (Lipinski definition) is 12. The molecule has 0 radical (unpaired) electrons. The van der Waals surface area contributed by atoms with Gasteiger partial charge in [0.15, 0.2) is 0 Å². The molecule has 0 aliphatic rings. The summed E-state index contributed by atoms with van der Waals surface area (Å²) in [5.41, 5.74) is 0. The van der Waals surface area contributed by atoms with Crippen molar-refractivity contribution in [2.24, 2.45) is 0 Å². The van der Waals surface area contributed by atoms with Crippen LogP contribution >= 0.6 is 0 Å². The maximum atomic E-state index is 8.52. The summed E-state index contributed by atoms with van der Waals surface area (Å²) in [6.07, 6.45) is -4.17. The molecule has 0 fully saturated rings. The molecule has 0 unspecified atom stereocenters. The molecular weight excluding hydrogens is 385 g/mol. The fourth-order valence-electron chi connectivity index (χ4n) is 0. The second-order valence-electron chi connectivity index (χ2n) is 1.35. The summed E-state index contributed by atoms with van der Waals surface area (Å²) >= 11 is 0. The first-order chi connectivity index (χ1) is 7.46. The van der Waals surface area contributed by atoms with Gasteiger partial charge in [-0.2, -0.15) is 0 Å². The molecule has 2 N–H and O–H groups in total. The molecule has 0 heterocycles. The van der Waals surface area contributed by atoms with Gasteiger partial charge in [0.25, 0.3) is 0 Å². The van der Waals surface area contributed by atoms with E-state index in [9.17, 15) is 0 Å². The molecule has 0 saturated heterocycles. The van der Waals surface area contributed by atoms with E-state index >= 15 is 0 Å². The van der Waals surface area contributed by atoms with Crippen LogP contribution in [-0.4, -0.2) is 127 Å². The Hall–Kier alpha value is 0.579. The predicted octanol–water partition coefficient (Wildman–Crippen LogP) is -6.04. The molecule has 0 rings (SSSR count). The minimum absolute atomic E-state index is 0. The number of hydrogen-bond donors (Lipinski definition) is 2. The first-order valence-corrected chi connectivity index (χ1v) is 5.26. The van der Waals surface area contributed by atoms with Crippen molar-refractivity contribution in [3.05, 3.63) is 0 Å². The van der Waals surface area contributed by atoms with Crippen molar-refractivity contribution in [2.75, 3.05) is 0 Å². The Morgan fingerprint density at radius 2 is 0.619 bits per heavy atom. The maximum Gasteiger partial charge on any atom is 2.00 e. The van der Waals surface area contributed by atoms with Crippen LogP contribution in [0.5, 0.6) is 0 Å². The summed E-state index contributed by atoms with van der Waals surface area (Å²) in [4.78, 5) is 16.9. The first-order valence-electron chi connectivity index (χ1n) is 2.60. The zero-order chi connectivity index (χ0) is 16.2. The average Bonchev–Trinajstić information content (AvgIpc) is 1.70. The van der Waals surface area contributed by atoms with Crippen molar-refractivity contribution in [1.29, 1.82) is 0 Å². The van der Waals surface area contributed by atoms with Gasteiger partial charge >= 0.3 is 69.2 Å². The van der Waals surface area contributed by atoms with Crippen molar-refractivity contribution in [3.8, 4) is 0 Å². The summed E-state index contributed by atoms with van der Waals surface area (Å²) in [5.74, 6) is 0. The quantitative estimate of drug-likeness (QED) is 0.222. The van der Waals surface area contributed by atoms with Gasteiger partial charge in [-0.3, -0.25) is 16.8 Å². The van der Waals surface area contributed by atoms with E-state index in [2.05, 4.69) is 0 Å². The molecular formula is C2H2Mg3O14S2. The molecule has 0 atom stereocenters. The third kappa shape index (κ3) is 21200. The maximum absolute atomic E-state index is 8.52. The summed E-state index contributed by atoms with van der Waals surface area (Å²) in [6.45, 7) is 0. The third-order valence-corrected chi connectivity index (χ3v) is 0. The Morgan fingerprint density at radius 3 is 0.619 bits per heavy atom. The smallest absolute Gasteiger partial charge is 0.759 e. The van der Waals surface area contributed by atoms with Crippen molar-refractivity contribution in [2.45, 2.75) is 0 Å². The second kappa shape index (κ2) is 22.9. The van der Waals surface area contributed by atoms with E-state index in [1.807, 2.05) is 0 Å². The standard InChI is InChI=1S/2CH2O3.3Mg.2H2O4S/c2*2-1(3)4;;;;2*1-5(2,3)4/h2*(H2,2,3,4);;;;2*(H2,1,2,3,4)/q;;3*+2;;/p-6. The second-order valence-corrected chi connectivity index (χ2v) is 2.98. The summed E-state index contributed by atoms with van der Waals surface area (Å²) in [7, 11) is -10.3. The minimum Gasteiger partial charge on any atom is -0.759 e. The van der Waals surface area contributed by atoms with Gasteiger partial charge in [-0.25, -0.2) is 0 Å². The number of rotatable bonds is 0. The summed E-state index contributed by atoms with van der Waals surface area (Å²) < 4.78 is 68.2. The van der Waals surface area contributed by atoms with Crippen LogP contribution in [0.1, 0.15) is 0 Å². The van der Waals surface area contributed by atoms with Gasteiger partial charge in [-0.15, -0.1) is 0 Å². The van der Waals surface area contributed by atoms with Gasteiger partial charge in [0.2, 0.25) is 12.3 Å². The zero-order valence-corrected chi connectivity index (χ0v) is 15.6. The van der Waals surface area contributed by atoms with Crippen LogP contribution in [-0.2, 0) is 20.8 Å². The Labute approximate surface area is 166 Å². The van der Waals surface area contributed by atoms with Crippen LogP contribution in [0.25, 0.3) is 0 Å². The van der Waals surface area contributed by atoms with Gasteiger partial charge in [0.05, 0.1) is 0 Å². The van der Waals surface area contributed by atoms with E-state index in [1.165, 1.54) is 0 Å². The van der Waals surface area contributed by atoms with E-state index in [1.54, 1.807) is 0 Å². The molecule has 0 amide bonds. The predicted molar refractivity (Wildman–Crippen MR) is 54.3 cm³/mol. The fraction of sp³-hybridized carbons (Fsp3) is 0. The van der Waals surface area contributed by atoms with Gasteiger partial charge in [-0.1, -0.05) is 0 Å². The van der Waals surface area contributed by atoms with E-state index in [0.717, 1.165) is 0 Å². The molecule has 0 saturated carbocycles. The van der Waals surface area contributed by atoms with Gasteiger partial charge < -0.3 is 48.2 Å². The molecule has 0 spiro atoms. The third-order valence-electron chi connectivity index (χ3n) is 0. The number of carbonyl (C=O) groups is 2. The van der Waals surface area contributed by atoms with Crippen molar-refractivity contribution in [3.63, 3.8) is 0 Å². The van der Waals surface area contributed by atoms with Crippen molar-refractivity contribution in [1.82, 2.24) is 0 Å². The van der Waals surface area contributed by atoms with Gasteiger partial charge in [-0.05, 0) is 0 Å². The number of carboxylic acid groups (broad SMARTS) is 4. The Kier molecular flexibility index (Phi) is 46.8. The fourth-order valence-corrected chi connectivity index (χ4v) is 0. The van der Waals surface area contributed by atoms with Gasteiger partial charge in [0.1, 0.15) is 0 Å². The van der Waals surface area contributed by atoms with Crippen LogP contribution < -0.4 is 10.2 Å². The molecule has 21 heavy (non-hydrogen) atoms. The minimum atomic E-state index is -5.17. The normalized spacial score (nSPS) is 7.81. The van der Waals surface area contributed by atoms with Crippen molar-refractivity contribution < 1.29 is 65.1 Å². The topological polar surface area (TPSA) is 281 Å². The average molecular weight is 387 g/mol. The molecule has 112 valence electrons. The first kappa shape index (κ1) is 43.0. The van der Waals surface area contributed by atoms with E-state index in [0.29, 0.717) is 0 Å². The van der Waals surface area contributed by atoms with Crippen LogP contribution in [0.2, 0.25) is 0 Å². The zero-order valence-electron chi connectivity index (χ0n) is 9.73. The van der Waals surface area contributed by atoms with Crippen LogP contribution in [0.4, 0.5) is 9.59 Å². The Morgan fingerprint density at radius 1 is 0.619 bits per heavy atom. The molecule has 14 nitrogen and oxygen atoms in total. The van der Waals surface area contributed by atoms with Crippen LogP contribution in [0.15, 0.2) is 0 Å². The van der Waals surface area contributed by atoms with E-state index in [-0.39, 0.29) is 69.2 Å². The Balaban J connectivity index is -0.0000000239. The molecule has 0 aromatic rings. The molecule has 0 bridgehead atoms. The molecule has 0 aliphatic carbocycles. The molecule has 0 aromatic heterocycles. The monoisotopic (exact) mass is 386 g/mol. The summed E-state index contributed by atoms with van der Waals surface area (Å²) in [6, 6.07) is 0. The summed E-state index contributed by atoms with van der Waals surface area (Å²) in [5, 5.41) is 30.6. The van der Waals surface area contributed by atoms with Crippen LogP contribution in [0.3, 0.4) is 0 Å². The largest absolute Gasteiger partial charge is 2.00 e. The van der Waals surface area contributed by atoms with Crippen LogP contribution in [0, 0.1) is 0 Å². The Bertz CT molecular complexity index is 357. The van der Waals surface area contributed by atoms with Crippen molar-refractivity contribution >= 4 is 102 Å². The van der Waals surface area contributed by atoms with Gasteiger partial charge in [0, 0.05) is 20.8 Å². The molecule has 0 aromatic carbocycles.